The van der Waals surface area contributed by atoms with E-state index in [9.17, 15) is 9.90 Å². The molecule has 2 rings (SSSR count). The van der Waals surface area contributed by atoms with Gasteiger partial charge in [0.05, 0.1) is 24.8 Å². The van der Waals surface area contributed by atoms with Crippen LogP contribution in [0.3, 0.4) is 0 Å². The summed E-state index contributed by atoms with van der Waals surface area (Å²) in [5.41, 5.74) is 1.14. The van der Waals surface area contributed by atoms with Crippen LogP contribution >= 0.6 is 0 Å². The third-order valence-corrected chi connectivity index (χ3v) is 3.30. The van der Waals surface area contributed by atoms with E-state index in [4.69, 9.17) is 5.11 Å². The first-order valence-electron chi connectivity index (χ1n) is 6.73. The topological polar surface area (TPSA) is 73.7 Å². The Morgan fingerprint density at radius 1 is 1.45 bits per heavy atom. The summed E-state index contributed by atoms with van der Waals surface area (Å²) in [6.45, 7) is 0.685. The number of aliphatic hydroxyl groups excluding tert-OH is 2. The van der Waals surface area contributed by atoms with Crippen molar-refractivity contribution in [3.63, 3.8) is 0 Å². The number of hydrogen-bond acceptors (Lipinski definition) is 4. The van der Waals surface area contributed by atoms with Gasteiger partial charge in [-0.3, -0.25) is 9.78 Å². The van der Waals surface area contributed by atoms with Gasteiger partial charge >= 0.3 is 0 Å². The van der Waals surface area contributed by atoms with Gasteiger partial charge in [0.25, 0.3) is 5.91 Å². The molecule has 0 radical (unpaired) electrons. The zero-order chi connectivity index (χ0) is 14.4. The third kappa shape index (κ3) is 3.35. The van der Waals surface area contributed by atoms with Crippen molar-refractivity contribution < 1.29 is 15.0 Å². The average molecular weight is 274 g/mol. The molecule has 0 spiro atoms. The number of likely N-dealkylation sites (tertiary alicyclic amines) is 1. The molecule has 2 N–H and O–H groups in total. The first-order chi connectivity index (χ1) is 9.76. The molecule has 1 unspecified atom stereocenters. The van der Waals surface area contributed by atoms with Gasteiger partial charge in [-0.25, -0.2) is 0 Å². The van der Waals surface area contributed by atoms with Crippen molar-refractivity contribution in [2.24, 2.45) is 0 Å². The van der Waals surface area contributed by atoms with Crippen LogP contribution in [0.5, 0.6) is 0 Å². The van der Waals surface area contributed by atoms with E-state index in [0.29, 0.717) is 24.1 Å². The van der Waals surface area contributed by atoms with E-state index >= 15 is 0 Å². The predicted octanol–water partition coefficient (Wildman–Crippen LogP) is 0.412. The lowest BCUT2D eigenvalue weighted by Crippen LogP contribution is -2.37. The van der Waals surface area contributed by atoms with Gasteiger partial charge in [0.1, 0.15) is 0 Å². The average Bonchev–Trinajstić information content (AvgIpc) is 2.95. The third-order valence-electron chi connectivity index (χ3n) is 3.30. The molecule has 0 bridgehead atoms. The van der Waals surface area contributed by atoms with Crippen LogP contribution in [0.2, 0.25) is 0 Å². The van der Waals surface area contributed by atoms with E-state index in [1.165, 1.54) is 6.20 Å². The van der Waals surface area contributed by atoms with Gasteiger partial charge in [-0.15, -0.1) is 0 Å². The van der Waals surface area contributed by atoms with Crippen LogP contribution in [0.1, 0.15) is 35.2 Å². The van der Waals surface area contributed by atoms with Crippen molar-refractivity contribution in [1.82, 2.24) is 9.88 Å². The van der Waals surface area contributed by atoms with E-state index in [2.05, 4.69) is 16.8 Å². The Morgan fingerprint density at radius 3 is 3.05 bits per heavy atom. The van der Waals surface area contributed by atoms with Crippen molar-refractivity contribution in [2.75, 3.05) is 19.8 Å². The molecule has 0 saturated carbocycles. The number of aliphatic hydroxyl groups is 2. The monoisotopic (exact) mass is 274 g/mol. The zero-order valence-electron chi connectivity index (χ0n) is 11.2. The lowest BCUT2D eigenvalue weighted by molar-refractivity contribution is 0.0677. The van der Waals surface area contributed by atoms with Gasteiger partial charge in [0.2, 0.25) is 0 Å². The number of nitrogens with zero attached hydrogens (tertiary/aromatic N) is 2. The standard InChI is InChI=1S/C15H18N2O3/c18-7-2-1-4-12-8-13(10-16-9-12)15(20)17-6-3-5-14(17)11-19/h8-10,14,18-19H,2-3,5-7,11H2. The van der Waals surface area contributed by atoms with E-state index in [1.54, 1.807) is 17.2 Å². The van der Waals surface area contributed by atoms with Crippen LogP contribution in [0.25, 0.3) is 0 Å². The minimum absolute atomic E-state index is 0.00480. The maximum atomic E-state index is 12.4. The summed E-state index contributed by atoms with van der Waals surface area (Å²) < 4.78 is 0. The summed E-state index contributed by atoms with van der Waals surface area (Å²) in [5, 5.41) is 18.0. The Hall–Kier alpha value is -1.90. The summed E-state index contributed by atoms with van der Waals surface area (Å²) in [7, 11) is 0. The second-order valence-electron chi connectivity index (χ2n) is 4.71. The van der Waals surface area contributed by atoms with Crippen molar-refractivity contribution in [1.29, 1.82) is 0 Å². The molecule has 20 heavy (non-hydrogen) atoms. The van der Waals surface area contributed by atoms with E-state index in [1.807, 2.05) is 0 Å². The van der Waals surface area contributed by atoms with Gasteiger partial charge in [0, 0.05) is 30.9 Å². The first-order valence-corrected chi connectivity index (χ1v) is 6.73. The van der Waals surface area contributed by atoms with Crippen LogP contribution in [0.4, 0.5) is 0 Å². The van der Waals surface area contributed by atoms with Crippen molar-refractivity contribution in [3.8, 4) is 11.8 Å². The highest BCUT2D eigenvalue weighted by molar-refractivity contribution is 5.94. The van der Waals surface area contributed by atoms with Crippen molar-refractivity contribution >= 4 is 5.91 Å². The van der Waals surface area contributed by atoms with E-state index < -0.39 is 0 Å². The summed E-state index contributed by atoms with van der Waals surface area (Å²) in [4.78, 5) is 18.1. The molecule has 1 fully saturated rings. The van der Waals surface area contributed by atoms with Crippen LogP contribution in [0, 0.1) is 11.8 Å². The van der Waals surface area contributed by atoms with Crippen LogP contribution in [-0.4, -0.2) is 51.8 Å². The lowest BCUT2D eigenvalue weighted by Gasteiger charge is -2.22. The Labute approximate surface area is 118 Å². The molecule has 1 atom stereocenters. The maximum Gasteiger partial charge on any atom is 0.255 e. The zero-order valence-corrected chi connectivity index (χ0v) is 11.2. The quantitative estimate of drug-likeness (QED) is 0.783. The summed E-state index contributed by atoms with van der Waals surface area (Å²) in [5.74, 6) is 5.55. The molecule has 0 aliphatic carbocycles. The Balaban J connectivity index is 2.14. The highest BCUT2D eigenvalue weighted by atomic mass is 16.3. The Morgan fingerprint density at radius 2 is 2.30 bits per heavy atom. The molecule has 1 amide bonds. The number of aromatic nitrogens is 1. The smallest absolute Gasteiger partial charge is 0.255 e. The minimum atomic E-state index is -0.111. The molecular weight excluding hydrogens is 256 g/mol. The van der Waals surface area contributed by atoms with E-state index in [0.717, 1.165) is 12.8 Å². The normalized spacial score (nSPS) is 17.7. The lowest BCUT2D eigenvalue weighted by atomic mass is 10.1. The molecule has 2 heterocycles. The Bertz CT molecular complexity index is 533. The molecule has 1 saturated heterocycles. The second-order valence-corrected chi connectivity index (χ2v) is 4.71. The molecule has 1 aromatic rings. The number of pyridine rings is 1. The summed E-state index contributed by atoms with van der Waals surface area (Å²) >= 11 is 0. The van der Waals surface area contributed by atoms with Gasteiger partial charge < -0.3 is 15.1 Å². The van der Waals surface area contributed by atoms with Crippen molar-refractivity contribution in [3.05, 3.63) is 29.6 Å². The number of amides is 1. The molecule has 5 nitrogen and oxygen atoms in total. The number of carbonyl (C=O) groups excluding carboxylic acids is 1. The summed E-state index contributed by atoms with van der Waals surface area (Å²) in [6.07, 6.45) is 5.27. The molecule has 106 valence electrons. The van der Waals surface area contributed by atoms with Gasteiger partial charge in [-0.2, -0.15) is 0 Å². The molecular formula is C15H18N2O3. The molecule has 0 aromatic carbocycles. The molecule has 1 aromatic heterocycles. The van der Waals surface area contributed by atoms with Crippen LogP contribution in [-0.2, 0) is 0 Å². The second kappa shape index (κ2) is 7.04. The number of hydrogen-bond donors (Lipinski definition) is 2. The summed E-state index contributed by atoms with van der Waals surface area (Å²) in [6, 6.07) is 1.61. The van der Waals surface area contributed by atoms with Gasteiger partial charge in [-0.1, -0.05) is 11.8 Å². The fourth-order valence-corrected chi connectivity index (χ4v) is 2.30. The fourth-order valence-electron chi connectivity index (χ4n) is 2.30. The van der Waals surface area contributed by atoms with Gasteiger partial charge in [0.15, 0.2) is 0 Å². The number of rotatable bonds is 3. The largest absolute Gasteiger partial charge is 0.395 e. The first kappa shape index (κ1) is 14.5. The Kier molecular flexibility index (Phi) is 5.10. The van der Waals surface area contributed by atoms with Crippen LogP contribution < -0.4 is 0 Å². The van der Waals surface area contributed by atoms with Crippen LogP contribution in [0.15, 0.2) is 18.5 Å². The fraction of sp³-hybridized carbons (Fsp3) is 0.467. The molecule has 1 aliphatic heterocycles. The maximum absolute atomic E-state index is 12.4. The van der Waals surface area contributed by atoms with E-state index in [-0.39, 0.29) is 25.2 Å². The SMILES string of the molecule is O=C(c1cncc(C#CCCO)c1)N1CCCC1CO. The minimum Gasteiger partial charge on any atom is -0.395 e. The molecule has 1 aliphatic rings. The number of carbonyl (C=O) groups is 1. The van der Waals surface area contributed by atoms with Gasteiger partial charge in [-0.05, 0) is 18.9 Å². The highest BCUT2D eigenvalue weighted by Crippen LogP contribution is 2.19. The van der Waals surface area contributed by atoms with Crippen molar-refractivity contribution in [2.45, 2.75) is 25.3 Å². The molecule has 5 heteroatoms. The predicted molar refractivity (Wildman–Crippen MR) is 74.0 cm³/mol. The highest BCUT2D eigenvalue weighted by Gasteiger charge is 2.28.